The standard InChI is InChI=1S/C23H27FN4O4S/c1-23(2,3)32-22(29)28-12-10-18(11-13-28)33(30,31)27-17-8-9-19-20(14-17)26-21(25-19)15-4-6-16(24)7-5-15/h4-9,14,18,27H,10-13H2,1-3H3,(H,25,26). The van der Waals surface area contributed by atoms with Gasteiger partial charge in [0.15, 0.2) is 0 Å². The van der Waals surface area contributed by atoms with Gasteiger partial charge in [0, 0.05) is 18.7 Å². The number of sulfonamides is 1. The maximum absolute atomic E-state index is 13.2. The first-order valence-corrected chi connectivity index (χ1v) is 12.3. The lowest BCUT2D eigenvalue weighted by Gasteiger charge is -2.33. The maximum atomic E-state index is 13.2. The lowest BCUT2D eigenvalue weighted by Crippen LogP contribution is -2.45. The zero-order chi connectivity index (χ0) is 23.8. The van der Waals surface area contributed by atoms with Gasteiger partial charge in [-0.2, -0.15) is 0 Å². The quantitative estimate of drug-likeness (QED) is 0.579. The van der Waals surface area contributed by atoms with Crippen molar-refractivity contribution >= 4 is 32.8 Å². The van der Waals surface area contributed by atoms with Crippen molar-refractivity contribution in [3.63, 3.8) is 0 Å². The Balaban J connectivity index is 1.43. The van der Waals surface area contributed by atoms with Gasteiger partial charge in [-0.25, -0.2) is 22.6 Å². The topological polar surface area (TPSA) is 104 Å². The summed E-state index contributed by atoms with van der Waals surface area (Å²) in [6.45, 7) is 6.03. The Bertz CT molecular complexity index is 1260. The van der Waals surface area contributed by atoms with Gasteiger partial charge in [-0.05, 0) is 76.1 Å². The van der Waals surface area contributed by atoms with Gasteiger partial charge in [0.05, 0.1) is 22.0 Å². The summed E-state index contributed by atoms with van der Waals surface area (Å²) >= 11 is 0. The average Bonchev–Trinajstić information content (AvgIpc) is 3.16. The van der Waals surface area contributed by atoms with E-state index in [2.05, 4.69) is 14.7 Å². The van der Waals surface area contributed by atoms with E-state index in [1.807, 2.05) is 0 Å². The molecule has 0 unspecified atom stereocenters. The highest BCUT2D eigenvalue weighted by Crippen LogP contribution is 2.26. The number of rotatable bonds is 4. The van der Waals surface area contributed by atoms with Crippen LogP contribution in [-0.4, -0.2) is 53.3 Å². The second-order valence-electron chi connectivity index (χ2n) is 9.14. The number of nitrogens with one attached hydrogen (secondary N) is 2. The van der Waals surface area contributed by atoms with Gasteiger partial charge >= 0.3 is 6.09 Å². The lowest BCUT2D eigenvalue weighted by atomic mass is 10.1. The number of hydrogen-bond donors (Lipinski definition) is 2. The van der Waals surface area contributed by atoms with E-state index in [-0.39, 0.29) is 5.82 Å². The Morgan fingerprint density at radius 2 is 1.82 bits per heavy atom. The van der Waals surface area contributed by atoms with Crippen molar-refractivity contribution < 1.29 is 22.3 Å². The van der Waals surface area contributed by atoms with Crippen molar-refractivity contribution in [2.45, 2.75) is 44.5 Å². The number of anilines is 1. The third-order valence-electron chi connectivity index (χ3n) is 5.39. The monoisotopic (exact) mass is 474 g/mol. The molecule has 176 valence electrons. The predicted octanol–water partition coefficient (Wildman–Crippen LogP) is 4.51. The molecule has 0 saturated carbocycles. The highest BCUT2D eigenvalue weighted by molar-refractivity contribution is 7.93. The van der Waals surface area contributed by atoms with Crippen LogP contribution in [0.25, 0.3) is 22.4 Å². The predicted molar refractivity (Wildman–Crippen MR) is 125 cm³/mol. The highest BCUT2D eigenvalue weighted by atomic mass is 32.2. The van der Waals surface area contributed by atoms with Gasteiger partial charge < -0.3 is 14.6 Å². The zero-order valence-electron chi connectivity index (χ0n) is 18.8. The summed E-state index contributed by atoms with van der Waals surface area (Å²) in [6, 6.07) is 11.0. The van der Waals surface area contributed by atoms with Crippen molar-refractivity contribution in [1.29, 1.82) is 0 Å². The minimum absolute atomic E-state index is 0.321. The number of carbonyl (C=O) groups is 1. The number of ether oxygens (including phenoxy) is 1. The fourth-order valence-electron chi connectivity index (χ4n) is 3.74. The first kappa shape index (κ1) is 23.0. The van der Waals surface area contributed by atoms with Crippen LogP contribution in [-0.2, 0) is 14.8 Å². The SMILES string of the molecule is CC(C)(C)OC(=O)N1CCC(S(=O)(=O)Nc2ccc3nc(-c4ccc(F)cc4)[nH]c3c2)CC1. The number of hydrogen-bond acceptors (Lipinski definition) is 5. The molecule has 0 aliphatic carbocycles. The van der Waals surface area contributed by atoms with Crippen molar-refractivity contribution in [3.05, 3.63) is 48.3 Å². The van der Waals surface area contributed by atoms with Gasteiger partial charge in [0.2, 0.25) is 10.0 Å². The number of likely N-dealkylation sites (tertiary alicyclic amines) is 1. The summed E-state index contributed by atoms with van der Waals surface area (Å²) in [5, 5.41) is -0.608. The van der Waals surface area contributed by atoms with Gasteiger partial charge in [-0.3, -0.25) is 4.72 Å². The number of nitrogens with zero attached hydrogens (tertiary/aromatic N) is 2. The van der Waals surface area contributed by atoms with E-state index in [4.69, 9.17) is 4.74 Å². The summed E-state index contributed by atoms with van der Waals surface area (Å²) in [5.74, 6) is 0.239. The number of imidazole rings is 1. The number of aromatic amines is 1. The second-order valence-corrected chi connectivity index (χ2v) is 11.1. The smallest absolute Gasteiger partial charge is 0.410 e. The summed E-state index contributed by atoms with van der Waals surface area (Å²) in [5.41, 5.74) is 1.89. The number of halogens is 1. The zero-order valence-corrected chi connectivity index (χ0v) is 19.6. The Labute approximate surface area is 192 Å². The molecule has 4 rings (SSSR count). The molecule has 1 aromatic heterocycles. The van der Waals surface area contributed by atoms with Crippen LogP contribution in [0.5, 0.6) is 0 Å². The van der Waals surface area contributed by atoms with Crippen LogP contribution in [0.2, 0.25) is 0 Å². The van der Waals surface area contributed by atoms with E-state index in [9.17, 15) is 17.6 Å². The number of amides is 1. The molecule has 0 bridgehead atoms. The summed E-state index contributed by atoms with van der Waals surface area (Å²) < 4.78 is 47.1. The first-order valence-electron chi connectivity index (χ1n) is 10.8. The molecule has 2 N–H and O–H groups in total. The number of piperidine rings is 1. The minimum atomic E-state index is -3.64. The number of fused-ring (bicyclic) bond motifs is 1. The molecule has 8 nitrogen and oxygen atoms in total. The lowest BCUT2D eigenvalue weighted by molar-refractivity contribution is 0.0217. The molecule has 0 spiro atoms. The Morgan fingerprint density at radius 1 is 1.15 bits per heavy atom. The molecule has 0 radical (unpaired) electrons. The number of H-pyrrole nitrogens is 1. The average molecular weight is 475 g/mol. The van der Waals surface area contributed by atoms with E-state index in [1.54, 1.807) is 56.0 Å². The fourth-order valence-corrected chi connectivity index (χ4v) is 5.19. The minimum Gasteiger partial charge on any atom is -0.444 e. The van der Waals surface area contributed by atoms with E-state index < -0.39 is 27.0 Å². The van der Waals surface area contributed by atoms with Crippen molar-refractivity contribution in [3.8, 4) is 11.4 Å². The maximum Gasteiger partial charge on any atom is 0.410 e. The van der Waals surface area contributed by atoms with Crippen molar-refractivity contribution in [1.82, 2.24) is 14.9 Å². The number of benzene rings is 2. The Hall–Kier alpha value is -3.14. The van der Waals surface area contributed by atoms with Gasteiger partial charge in [-0.1, -0.05) is 0 Å². The third-order valence-corrected chi connectivity index (χ3v) is 7.26. The van der Waals surface area contributed by atoms with Crippen LogP contribution in [0.15, 0.2) is 42.5 Å². The van der Waals surface area contributed by atoms with Crippen molar-refractivity contribution in [2.24, 2.45) is 0 Å². The molecule has 1 aliphatic heterocycles. The first-order chi connectivity index (χ1) is 15.5. The Kier molecular flexibility index (Phi) is 6.04. The van der Waals surface area contributed by atoms with Crippen LogP contribution < -0.4 is 4.72 Å². The van der Waals surface area contributed by atoms with Crippen LogP contribution in [0.1, 0.15) is 33.6 Å². The fraction of sp³-hybridized carbons (Fsp3) is 0.391. The summed E-state index contributed by atoms with van der Waals surface area (Å²) in [4.78, 5) is 21.4. The van der Waals surface area contributed by atoms with E-state index in [0.29, 0.717) is 48.5 Å². The molecule has 2 aromatic carbocycles. The molecular weight excluding hydrogens is 447 g/mol. The van der Waals surface area contributed by atoms with Crippen LogP contribution in [0.3, 0.4) is 0 Å². The number of carbonyl (C=O) groups excluding carboxylic acids is 1. The molecule has 10 heteroatoms. The molecule has 0 atom stereocenters. The molecule has 1 amide bonds. The molecule has 1 saturated heterocycles. The van der Waals surface area contributed by atoms with E-state index >= 15 is 0 Å². The second kappa shape index (κ2) is 8.66. The van der Waals surface area contributed by atoms with Crippen LogP contribution in [0.4, 0.5) is 14.9 Å². The van der Waals surface area contributed by atoms with Gasteiger partial charge in [0.1, 0.15) is 17.2 Å². The van der Waals surface area contributed by atoms with Crippen molar-refractivity contribution in [2.75, 3.05) is 17.8 Å². The van der Waals surface area contributed by atoms with Crippen LogP contribution >= 0.6 is 0 Å². The van der Waals surface area contributed by atoms with Crippen LogP contribution in [0, 0.1) is 5.82 Å². The van der Waals surface area contributed by atoms with Gasteiger partial charge in [0.25, 0.3) is 0 Å². The summed E-state index contributed by atoms with van der Waals surface area (Å²) in [7, 11) is -3.64. The Morgan fingerprint density at radius 3 is 2.45 bits per heavy atom. The summed E-state index contributed by atoms with van der Waals surface area (Å²) in [6.07, 6.45) is 0.235. The molecular formula is C23H27FN4O4S. The molecule has 1 aliphatic rings. The van der Waals surface area contributed by atoms with E-state index in [0.717, 1.165) is 5.56 Å². The molecule has 33 heavy (non-hydrogen) atoms. The molecule has 1 fully saturated rings. The largest absolute Gasteiger partial charge is 0.444 e. The third kappa shape index (κ3) is 5.44. The highest BCUT2D eigenvalue weighted by Gasteiger charge is 2.33. The van der Waals surface area contributed by atoms with Gasteiger partial charge in [-0.15, -0.1) is 0 Å². The van der Waals surface area contributed by atoms with E-state index in [1.165, 1.54) is 12.1 Å². The molecule has 2 heterocycles. The normalized spacial score (nSPS) is 15.6. The molecule has 3 aromatic rings. The number of aromatic nitrogens is 2.